The zero-order valence-electron chi connectivity index (χ0n) is 12.0. The molecule has 0 radical (unpaired) electrons. The van der Waals surface area contributed by atoms with Gasteiger partial charge in [0, 0.05) is 11.1 Å². The van der Waals surface area contributed by atoms with Gasteiger partial charge in [-0.15, -0.1) is 10.2 Å². The van der Waals surface area contributed by atoms with Gasteiger partial charge >= 0.3 is 0 Å². The highest BCUT2D eigenvalue weighted by molar-refractivity contribution is 8.00. The minimum atomic E-state index is -0.0516. The lowest BCUT2D eigenvalue weighted by Crippen LogP contribution is -2.08. The standard InChI is InChI=1S/C14H8N6O2S2/c21-9-5-23-13-15-11(17-19(9)13)7-1-2-8(4-3-7)12-16-14-20(18-12)10(22)6-24-14/h1-4H,5-6H2. The van der Waals surface area contributed by atoms with E-state index in [1.54, 1.807) is 0 Å². The molecule has 0 amide bonds. The molecule has 0 N–H and O–H groups in total. The lowest BCUT2D eigenvalue weighted by molar-refractivity contribution is 0.0915. The van der Waals surface area contributed by atoms with E-state index in [1.165, 1.54) is 32.9 Å². The minimum absolute atomic E-state index is 0.0516. The molecular weight excluding hydrogens is 348 g/mol. The van der Waals surface area contributed by atoms with Gasteiger partial charge in [0.25, 0.3) is 11.8 Å². The predicted molar refractivity (Wildman–Crippen MR) is 87.2 cm³/mol. The van der Waals surface area contributed by atoms with E-state index in [0.717, 1.165) is 11.1 Å². The second-order valence-electron chi connectivity index (χ2n) is 5.20. The first kappa shape index (κ1) is 13.9. The van der Waals surface area contributed by atoms with Gasteiger partial charge in [0.1, 0.15) is 0 Å². The molecule has 8 nitrogen and oxygen atoms in total. The summed E-state index contributed by atoms with van der Waals surface area (Å²) in [6, 6.07) is 7.43. The first-order chi connectivity index (χ1) is 11.7. The Morgan fingerprint density at radius 2 is 1.17 bits per heavy atom. The number of benzene rings is 1. The molecule has 0 atom stereocenters. The van der Waals surface area contributed by atoms with Crippen LogP contribution in [0.25, 0.3) is 22.8 Å². The van der Waals surface area contributed by atoms with E-state index in [4.69, 9.17) is 0 Å². The van der Waals surface area contributed by atoms with Gasteiger partial charge in [-0.2, -0.15) is 9.36 Å². The van der Waals surface area contributed by atoms with Crippen molar-refractivity contribution in [1.82, 2.24) is 29.5 Å². The Balaban J connectivity index is 1.47. The molecule has 10 heteroatoms. The monoisotopic (exact) mass is 356 g/mol. The predicted octanol–water partition coefficient (Wildman–Crippen LogP) is 1.70. The lowest BCUT2D eigenvalue weighted by atomic mass is 10.1. The molecule has 118 valence electrons. The van der Waals surface area contributed by atoms with E-state index in [-0.39, 0.29) is 11.8 Å². The SMILES string of the molecule is O=C1CSc2nc(-c3ccc(-c4nc5n(n4)C(=O)CS5)cc3)nn21. The van der Waals surface area contributed by atoms with Crippen molar-refractivity contribution < 1.29 is 9.59 Å². The van der Waals surface area contributed by atoms with Gasteiger partial charge in [-0.1, -0.05) is 47.8 Å². The summed E-state index contributed by atoms with van der Waals surface area (Å²) in [6.07, 6.45) is 0. The number of hydrogen-bond donors (Lipinski definition) is 0. The van der Waals surface area contributed by atoms with E-state index in [0.29, 0.717) is 33.5 Å². The number of carbonyl (C=O) groups is 2. The van der Waals surface area contributed by atoms with Crippen molar-refractivity contribution >= 4 is 35.3 Å². The number of fused-ring (bicyclic) bond motifs is 2. The average molecular weight is 356 g/mol. The van der Waals surface area contributed by atoms with E-state index in [1.807, 2.05) is 24.3 Å². The van der Waals surface area contributed by atoms with Gasteiger partial charge in [-0.25, -0.2) is 9.97 Å². The molecule has 1 aromatic carbocycles. The summed E-state index contributed by atoms with van der Waals surface area (Å²) in [4.78, 5) is 32.0. The molecule has 0 aliphatic carbocycles. The third-order valence-electron chi connectivity index (χ3n) is 3.68. The van der Waals surface area contributed by atoms with Crippen LogP contribution in [0.4, 0.5) is 0 Å². The maximum atomic E-state index is 11.6. The maximum absolute atomic E-state index is 11.6. The molecule has 0 spiro atoms. The smallest absolute Gasteiger partial charge is 0.259 e. The van der Waals surface area contributed by atoms with Crippen LogP contribution < -0.4 is 0 Å². The summed E-state index contributed by atoms with van der Waals surface area (Å²) < 4.78 is 2.69. The highest BCUT2D eigenvalue weighted by Gasteiger charge is 2.25. The highest BCUT2D eigenvalue weighted by Crippen LogP contribution is 2.29. The molecule has 2 aliphatic rings. The van der Waals surface area contributed by atoms with E-state index >= 15 is 0 Å². The molecule has 2 aromatic heterocycles. The van der Waals surface area contributed by atoms with Crippen LogP contribution in [0.15, 0.2) is 34.6 Å². The molecule has 4 heterocycles. The van der Waals surface area contributed by atoms with E-state index in [2.05, 4.69) is 20.2 Å². The van der Waals surface area contributed by atoms with Crippen LogP contribution in [0.3, 0.4) is 0 Å². The van der Waals surface area contributed by atoms with Gasteiger partial charge in [0.15, 0.2) is 22.0 Å². The zero-order chi connectivity index (χ0) is 16.3. The van der Waals surface area contributed by atoms with Crippen LogP contribution in [0.5, 0.6) is 0 Å². The van der Waals surface area contributed by atoms with Crippen LogP contribution >= 0.6 is 23.5 Å². The lowest BCUT2D eigenvalue weighted by Gasteiger charge is -1.98. The highest BCUT2D eigenvalue weighted by atomic mass is 32.2. The van der Waals surface area contributed by atoms with Crippen molar-refractivity contribution in [3.63, 3.8) is 0 Å². The maximum Gasteiger partial charge on any atom is 0.259 e. The van der Waals surface area contributed by atoms with Gasteiger partial charge in [-0.3, -0.25) is 9.59 Å². The normalized spacial score (nSPS) is 15.8. The van der Waals surface area contributed by atoms with Crippen molar-refractivity contribution in [3.05, 3.63) is 24.3 Å². The summed E-state index contributed by atoms with van der Waals surface area (Å²) >= 11 is 2.78. The fourth-order valence-electron chi connectivity index (χ4n) is 2.50. The fraction of sp³-hybridized carbons (Fsp3) is 0.143. The Labute approximate surface area is 143 Å². The minimum Gasteiger partial charge on any atom is -0.271 e. The van der Waals surface area contributed by atoms with Gasteiger partial charge in [-0.05, 0) is 0 Å². The molecule has 3 aromatic rings. The molecule has 2 aliphatic heterocycles. The summed E-state index contributed by atoms with van der Waals surface area (Å²) in [5, 5.41) is 9.75. The summed E-state index contributed by atoms with van der Waals surface area (Å²) in [6.45, 7) is 0. The Bertz CT molecular complexity index is 926. The van der Waals surface area contributed by atoms with E-state index in [9.17, 15) is 9.59 Å². The molecule has 0 saturated carbocycles. The third-order valence-corrected chi connectivity index (χ3v) is 5.51. The number of nitrogens with zero attached hydrogens (tertiary/aromatic N) is 6. The number of carbonyl (C=O) groups excluding carboxylic acids is 2. The Hall–Kier alpha value is -2.46. The molecule has 5 rings (SSSR count). The number of aromatic nitrogens is 6. The molecule has 0 fully saturated rings. The largest absolute Gasteiger partial charge is 0.271 e. The number of thioether (sulfide) groups is 2. The van der Waals surface area contributed by atoms with Gasteiger partial charge < -0.3 is 0 Å². The quantitative estimate of drug-likeness (QED) is 0.684. The number of hydrogen-bond acceptors (Lipinski definition) is 8. The Morgan fingerprint density at radius 1 is 0.750 bits per heavy atom. The average Bonchev–Trinajstić information content (AvgIpc) is 3.33. The molecule has 0 unspecified atom stereocenters. The van der Waals surface area contributed by atoms with Crippen molar-refractivity contribution in [2.75, 3.05) is 11.5 Å². The molecular formula is C14H8N6O2S2. The number of rotatable bonds is 2. The van der Waals surface area contributed by atoms with Crippen LogP contribution in [-0.4, -0.2) is 52.8 Å². The summed E-state index contributed by atoms with van der Waals surface area (Å²) in [5.41, 5.74) is 1.62. The third kappa shape index (κ3) is 2.03. The molecule has 0 saturated heterocycles. The van der Waals surface area contributed by atoms with Gasteiger partial charge in [0.05, 0.1) is 11.5 Å². The second-order valence-corrected chi connectivity index (χ2v) is 7.09. The Kier molecular flexibility index (Phi) is 2.91. The zero-order valence-corrected chi connectivity index (χ0v) is 13.7. The van der Waals surface area contributed by atoms with Crippen LogP contribution in [-0.2, 0) is 0 Å². The Morgan fingerprint density at radius 3 is 1.54 bits per heavy atom. The topological polar surface area (TPSA) is 95.6 Å². The van der Waals surface area contributed by atoms with Crippen molar-refractivity contribution in [2.45, 2.75) is 10.3 Å². The second kappa shape index (κ2) is 5.02. The van der Waals surface area contributed by atoms with Gasteiger partial charge in [0.2, 0.25) is 0 Å². The van der Waals surface area contributed by atoms with Crippen LogP contribution in [0, 0.1) is 0 Å². The van der Waals surface area contributed by atoms with Crippen molar-refractivity contribution in [3.8, 4) is 22.8 Å². The summed E-state index contributed by atoms with van der Waals surface area (Å²) in [5.74, 6) is 1.71. The van der Waals surface area contributed by atoms with Crippen molar-refractivity contribution in [2.24, 2.45) is 0 Å². The first-order valence-corrected chi connectivity index (χ1v) is 9.03. The van der Waals surface area contributed by atoms with Crippen LogP contribution in [0.1, 0.15) is 9.59 Å². The van der Waals surface area contributed by atoms with E-state index < -0.39 is 0 Å². The molecule has 24 heavy (non-hydrogen) atoms. The van der Waals surface area contributed by atoms with Crippen molar-refractivity contribution in [1.29, 1.82) is 0 Å². The first-order valence-electron chi connectivity index (χ1n) is 7.06. The molecule has 0 bridgehead atoms. The summed E-state index contributed by atoms with van der Waals surface area (Å²) in [7, 11) is 0. The fourth-order valence-corrected chi connectivity index (χ4v) is 4.08. The van der Waals surface area contributed by atoms with Crippen LogP contribution in [0.2, 0.25) is 0 Å².